The van der Waals surface area contributed by atoms with Crippen molar-refractivity contribution in [2.45, 2.75) is 31.4 Å². The average Bonchev–Trinajstić information content (AvgIpc) is 2.51. The summed E-state index contributed by atoms with van der Waals surface area (Å²) in [6.45, 7) is 6.13. The van der Waals surface area contributed by atoms with E-state index in [9.17, 15) is 4.79 Å². The van der Waals surface area contributed by atoms with Crippen LogP contribution in [0.25, 0.3) is 0 Å². The normalized spacial score (nSPS) is 22.8. The van der Waals surface area contributed by atoms with Crippen LogP contribution >= 0.6 is 0 Å². The largest absolute Gasteiger partial charge is 0.372 e. The lowest BCUT2D eigenvalue weighted by atomic mass is 9.89. The molecule has 120 valence electrons. The Morgan fingerprint density at radius 2 is 2.00 bits per heavy atom. The van der Waals surface area contributed by atoms with Crippen molar-refractivity contribution in [3.8, 4) is 0 Å². The first-order valence-electron chi connectivity index (χ1n) is 8.25. The summed E-state index contributed by atoms with van der Waals surface area (Å²) in [7, 11) is 2.19. The van der Waals surface area contributed by atoms with Crippen LogP contribution in [0.3, 0.4) is 0 Å². The van der Waals surface area contributed by atoms with Crippen molar-refractivity contribution in [1.82, 2.24) is 9.80 Å². The molecule has 0 aromatic heterocycles. The Bertz CT molecular complexity index is 510. The van der Waals surface area contributed by atoms with Gasteiger partial charge in [-0.25, -0.2) is 0 Å². The van der Waals surface area contributed by atoms with Crippen LogP contribution < -0.4 is 0 Å². The van der Waals surface area contributed by atoms with Gasteiger partial charge in [0.15, 0.2) is 0 Å². The van der Waals surface area contributed by atoms with Gasteiger partial charge in [0.2, 0.25) is 0 Å². The first-order chi connectivity index (χ1) is 10.7. The van der Waals surface area contributed by atoms with Gasteiger partial charge in [-0.2, -0.15) is 0 Å². The molecule has 0 N–H and O–H groups in total. The highest BCUT2D eigenvalue weighted by molar-refractivity contribution is 5.55. The molecule has 22 heavy (non-hydrogen) atoms. The molecular weight excluding hydrogens is 276 g/mol. The second kappa shape index (κ2) is 6.90. The number of likely N-dealkylation sites (N-methyl/N-ethyl adjacent to an activating group) is 1. The van der Waals surface area contributed by atoms with Crippen molar-refractivity contribution < 1.29 is 9.53 Å². The number of aldehydes is 1. The summed E-state index contributed by atoms with van der Waals surface area (Å²) in [5.41, 5.74) is 2.50. The number of carbonyl (C=O) groups is 1. The zero-order chi connectivity index (χ0) is 15.4. The van der Waals surface area contributed by atoms with E-state index in [0.717, 1.165) is 64.0 Å². The number of hydrogen-bond acceptors (Lipinski definition) is 4. The highest BCUT2D eigenvalue weighted by Crippen LogP contribution is 2.30. The molecule has 0 radical (unpaired) electrons. The quantitative estimate of drug-likeness (QED) is 0.793. The minimum absolute atomic E-state index is 0.0862. The van der Waals surface area contributed by atoms with Gasteiger partial charge in [-0.1, -0.05) is 24.3 Å². The third-order valence-electron chi connectivity index (χ3n) is 4.92. The average molecular weight is 302 g/mol. The SMILES string of the molecule is CN1CCOC2(CCN(Cc3cccc(CC=O)c3)CC2)C1. The lowest BCUT2D eigenvalue weighted by Gasteiger charge is -2.46. The van der Waals surface area contributed by atoms with Crippen LogP contribution in [0.2, 0.25) is 0 Å². The third kappa shape index (κ3) is 3.75. The van der Waals surface area contributed by atoms with Crippen molar-refractivity contribution >= 4 is 6.29 Å². The number of piperidine rings is 1. The lowest BCUT2D eigenvalue weighted by molar-refractivity contribution is -0.131. The fourth-order valence-electron chi connectivity index (χ4n) is 3.67. The predicted octanol–water partition coefficient (Wildman–Crippen LogP) is 1.72. The number of morpholine rings is 1. The minimum Gasteiger partial charge on any atom is -0.372 e. The fourth-order valence-corrected chi connectivity index (χ4v) is 3.67. The molecule has 2 aliphatic rings. The van der Waals surface area contributed by atoms with Crippen LogP contribution in [0.5, 0.6) is 0 Å². The number of rotatable bonds is 4. The van der Waals surface area contributed by atoms with E-state index in [1.807, 2.05) is 6.07 Å². The molecule has 1 aromatic carbocycles. The van der Waals surface area contributed by atoms with Crippen molar-refractivity contribution in [2.24, 2.45) is 0 Å². The molecule has 2 fully saturated rings. The van der Waals surface area contributed by atoms with Gasteiger partial charge in [-0.05, 0) is 31.0 Å². The Morgan fingerprint density at radius 1 is 1.23 bits per heavy atom. The van der Waals surface area contributed by atoms with Gasteiger partial charge in [0.05, 0.1) is 12.2 Å². The fraction of sp³-hybridized carbons (Fsp3) is 0.611. The lowest BCUT2D eigenvalue weighted by Crippen LogP contribution is -2.55. The number of ether oxygens (including phenoxy) is 1. The van der Waals surface area contributed by atoms with E-state index in [0.29, 0.717) is 6.42 Å². The molecule has 4 nitrogen and oxygen atoms in total. The van der Waals surface area contributed by atoms with Crippen LogP contribution in [-0.2, 0) is 22.5 Å². The predicted molar refractivity (Wildman–Crippen MR) is 86.9 cm³/mol. The molecule has 1 spiro atoms. The van der Waals surface area contributed by atoms with E-state index < -0.39 is 0 Å². The van der Waals surface area contributed by atoms with E-state index in [-0.39, 0.29) is 5.60 Å². The topological polar surface area (TPSA) is 32.8 Å². The number of benzene rings is 1. The van der Waals surface area contributed by atoms with Gasteiger partial charge in [-0.15, -0.1) is 0 Å². The van der Waals surface area contributed by atoms with Crippen molar-refractivity contribution in [1.29, 1.82) is 0 Å². The molecule has 2 aliphatic heterocycles. The molecule has 0 saturated carbocycles. The molecule has 2 heterocycles. The third-order valence-corrected chi connectivity index (χ3v) is 4.92. The second-order valence-corrected chi connectivity index (χ2v) is 6.74. The van der Waals surface area contributed by atoms with Crippen molar-refractivity contribution in [3.05, 3.63) is 35.4 Å². The molecule has 0 atom stereocenters. The minimum atomic E-state index is 0.0862. The Kier molecular flexibility index (Phi) is 4.91. The van der Waals surface area contributed by atoms with E-state index >= 15 is 0 Å². The second-order valence-electron chi connectivity index (χ2n) is 6.74. The smallest absolute Gasteiger partial charge is 0.124 e. The highest BCUT2D eigenvalue weighted by atomic mass is 16.5. The summed E-state index contributed by atoms with van der Waals surface area (Å²) in [4.78, 5) is 15.5. The van der Waals surface area contributed by atoms with Gasteiger partial charge >= 0.3 is 0 Å². The van der Waals surface area contributed by atoms with Crippen LogP contribution in [0.15, 0.2) is 24.3 Å². The molecule has 0 bridgehead atoms. The maximum absolute atomic E-state index is 10.6. The number of likely N-dealkylation sites (tertiary alicyclic amines) is 1. The molecule has 1 aromatic rings. The zero-order valence-corrected chi connectivity index (χ0v) is 13.5. The maximum atomic E-state index is 10.6. The summed E-state index contributed by atoms with van der Waals surface area (Å²) in [5, 5.41) is 0. The van der Waals surface area contributed by atoms with E-state index in [2.05, 4.69) is 35.0 Å². The molecule has 3 rings (SSSR count). The summed E-state index contributed by atoms with van der Waals surface area (Å²) >= 11 is 0. The van der Waals surface area contributed by atoms with Gasteiger partial charge < -0.3 is 14.4 Å². The summed E-state index contributed by atoms with van der Waals surface area (Å²) in [6, 6.07) is 8.39. The highest BCUT2D eigenvalue weighted by Gasteiger charge is 2.38. The van der Waals surface area contributed by atoms with Gasteiger partial charge in [0.25, 0.3) is 0 Å². The Balaban J connectivity index is 1.55. The van der Waals surface area contributed by atoms with Crippen LogP contribution in [0.4, 0.5) is 0 Å². The molecule has 0 unspecified atom stereocenters. The summed E-state index contributed by atoms with van der Waals surface area (Å²) in [6.07, 6.45) is 3.72. The van der Waals surface area contributed by atoms with Crippen molar-refractivity contribution in [2.75, 3.05) is 39.8 Å². The van der Waals surface area contributed by atoms with Crippen LogP contribution in [-0.4, -0.2) is 61.5 Å². The number of carbonyl (C=O) groups excluding carboxylic acids is 1. The monoisotopic (exact) mass is 302 g/mol. The molecule has 4 heteroatoms. The van der Waals surface area contributed by atoms with Gasteiger partial charge in [-0.3, -0.25) is 4.90 Å². The van der Waals surface area contributed by atoms with Crippen LogP contribution in [0, 0.1) is 0 Å². The molecular formula is C18H26N2O2. The van der Waals surface area contributed by atoms with Crippen LogP contribution in [0.1, 0.15) is 24.0 Å². The Morgan fingerprint density at radius 3 is 2.73 bits per heavy atom. The molecule has 2 saturated heterocycles. The Hall–Kier alpha value is -1.23. The van der Waals surface area contributed by atoms with Crippen molar-refractivity contribution in [3.63, 3.8) is 0 Å². The first-order valence-corrected chi connectivity index (χ1v) is 8.25. The summed E-state index contributed by atoms with van der Waals surface area (Å²) < 4.78 is 6.12. The van der Waals surface area contributed by atoms with Gasteiger partial charge in [0, 0.05) is 39.1 Å². The first kappa shape index (κ1) is 15.7. The van der Waals surface area contributed by atoms with E-state index in [1.54, 1.807) is 0 Å². The molecule has 0 amide bonds. The summed E-state index contributed by atoms with van der Waals surface area (Å²) in [5.74, 6) is 0. The standard InChI is InChI=1S/C18H26N2O2/c1-19-10-12-22-18(15-19)6-8-20(9-7-18)14-17-4-2-3-16(13-17)5-11-21/h2-4,11,13H,5-10,12,14-15H2,1H3. The molecule has 0 aliphatic carbocycles. The zero-order valence-electron chi connectivity index (χ0n) is 13.5. The van der Waals surface area contributed by atoms with E-state index in [4.69, 9.17) is 4.74 Å². The van der Waals surface area contributed by atoms with E-state index in [1.165, 1.54) is 5.56 Å². The number of hydrogen-bond donors (Lipinski definition) is 0. The van der Waals surface area contributed by atoms with Gasteiger partial charge in [0.1, 0.15) is 6.29 Å². The maximum Gasteiger partial charge on any atom is 0.124 e. The Labute approximate surface area is 133 Å². The number of nitrogens with zero attached hydrogens (tertiary/aromatic N) is 2.